The minimum atomic E-state index is -0.962. The van der Waals surface area contributed by atoms with Gasteiger partial charge in [0.25, 0.3) is 0 Å². The van der Waals surface area contributed by atoms with Gasteiger partial charge in [0.05, 0.1) is 0 Å². The van der Waals surface area contributed by atoms with Crippen molar-refractivity contribution in [3.63, 3.8) is 0 Å². The van der Waals surface area contributed by atoms with Gasteiger partial charge in [-0.3, -0.25) is 4.79 Å². The molecule has 0 radical (unpaired) electrons. The van der Waals surface area contributed by atoms with E-state index in [1.165, 1.54) is 0 Å². The van der Waals surface area contributed by atoms with Crippen molar-refractivity contribution in [1.82, 2.24) is 9.88 Å². The van der Waals surface area contributed by atoms with Crippen molar-refractivity contribution in [3.8, 4) is 0 Å². The summed E-state index contributed by atoms with van der Waals surface area (Å²) in [6, 6.07) is 3.24. The lowest BCUT2D eigenvalue weighted by atomic mass is 9.69. The third-order valence-corrected chi connectivity index (χ3v) is 6.43. The second-order valence-corrected chi connectivity index (χ2v) is 9.26. The van der Waals surface area contributed by atoms with Crippen LogP contribution >= 0.6 is 0 Å². The number of hydrogen-bond acceptors (Lipinski definition) is 4. The molecule has 1 N–H and O–H groups in total. The van der Waals surface area contributed by atoms with Crippen molar-refractivity contribution in [3.05, 3.63) is 23.9 Å². The average molecular weight is 388 g/mol. The highest BCUT2D eigenvalue weighted by molar-refractivity contribution is 5.93. The first-order valence-corrected chi connectivity index (χ1v) is 10.5. The van der Waals surface area contributed by atoms with E-state index in [-0.39, 0.29) is 17.4 Å². The van der Waals surface area contributed by atoms with Crippen LogP contribution in [0.4, 0.5) is 5.82 Å². The Morgan fingerprint density at radius 3 is 2.43 bits per heavy atom. The van der Waals surface area contributed by atoms with Gasteiger partial charge in [0.15, 0.2) is 0 Å². The van der Waals surface area contributed by atoms with Gasteiger partial charge in [-0.1, -0.05) is 20.8 Å². The van der Waals surface area contributed by atoms with Crippen molar-refractivity contribution in [1.29, 1.82) is 0 Å². The molecule has 0 unspecified atom stereocenters. The lowest BCUT2D eigenvalue weighted by molar-refractivity contribution is -0.137. The molecule has 1 aliphatic carbocycles. The summed E-state index contributed by atoms with van der Waals surface area (Å²) < 4.78 is 0. The lowest BCUT2D eigenvalue weighted by Crippen LogP contribution is -2.41. The summed E-state index contributed by atoms with van der Waals surface area (Å²) >= 11 is 0. The maximum absolute atomic E-state index is 13.1. The highest BCUT2D eigenvalue weighted by atomic mass is 16.4. The standard InChI is InChI=1S/C22H33N3O3/c1-22(2,3)17-9-7-16(8-10-17)20(26)25-13-5-12-24(14-15-25)19-18(21(27)28)6-4-11-23-19/h4,6,11,16-17H,5,7-10,12-15H2,1-3H3,(H,27,28). The molecule has 154 valence electrons. The van der Waals surface area contributed by atoms with Crippen LogP contribution in [0, 0.1) is 17.3 Å². The number of rotatable bonds is 3. The molecule has 1 amide bonds. The maximum atomic E-state index is 13.1. The van der Waals surface area contributed by atoms with Crippen molar-refractivity contribution >= 4 is 17.7 Å². The van der Waals surface area contributed by atoms with Crippen LogP contribution in [0.15, 0.2) is 18.3 Å². The summed E-state index contributed by atoms with van der Waals surface area (Å²) in [5.74, 6) is 0.684. The molecule has 6 nitrogen and oxygen atoms in total. The molecule has 0 spiro atoms. The SMILES string of the molecule is CC(C)(C)C1CCC(C(=O)N2CCCN(c3ncccc3C(=O)O)CC2)CC1. The summed E-state index contributed by atoms with van der Waals surface area (Å²) in [4.78, 5) is 32.9. The fraction of sp³-hybridized carbons (Fsp3) is 0.682. The Labute approximate surface area is 167 Å². The van der Waals surface area contributed by atoms with E-state index in [9.17, 15) is 14.7 Å². The normalized spacial score (nSPS) is 24.0. The van der Waals surface area contributed by atoms with Crippen LogP contribution in [-0.4, -0.2) is 53.0 Å². The van der Waals surface area contributed by atoms with Crippen molar-refractivity contribution in [2.75, 3.05) is 31.1 Å². The molecular weight excluding hydrogens is 354 g/mol. The molecule has 1 aromatic rings. The van der Waals surface area contributed by atoms with E-state index in [0.29, 0.717) is 30.2 Å². The predicted molar refractivity (Wildman–Crippen MR) is 110 cm³/mol. The summed E-state index contributed by atoms with van der Waals surface area (Å²) in [7, 11) is 0. The van der Waals surface area contributed by atoms with Crippen LogP contribution in [0.3, 0.4) is 0 Å². The number of aromatic nitrogens is 1. The van der Waals surface area contributed by atoms with Crippen LogP contribution < -0.4 is 4.90 Å². The quantitative estimate of drug-likeness (QED) is 0.857. The smallest absolute Gasteiger partial charge is 0.339 e. The number of amides is 1. The zero-order chi connectivity index (χ0) is 20.3. The van der Waals surface area contributed by atoms with Crippen LogP contribution in [0.5, 0.6) is 0 Å². The summed E-state index contributed by atoms with van der Waals surface area (Å²) in [6.45, 7) is 9.61. The first-order valence-electron chi connectivity index (χ1n) is 10.5. The number of carboxylic acids is 1. The van der Waals surface area contributed by atoms with Gasteiger partial charge in [-0.25, -0.2) is 9.78 Å². The monoisotopic (exact) mass is 387 g/mol. The van der Waals surface area contributed by atoms with Gasteiger partial charge in [-0.05, 0) is 55.6 Å². The van der Waals surface area contributed by atoms with Crippen LogP contribution in [0.2, 0.25) is 0 Å². The molecular formula is C22H33N3O3. The van der Waals surface area contributed by atoms with Gasteiger partial charge in [-0.2, -0.15) is 0 Å². The van der Waals surface area contributed by atoms with Gasteiger partial charge >= 0.3 is 5.97 Å². The van der Waals surface area contributed by atoms with E-state index >= 15 is 0 Å². The van der Waals surface area contributed by atoms with E-state index < -0.39 is 5.97 Å². The molecule has 3 rings (SSSR count). The number of nitrogens with zero attached hydrogens (tertiary/aromatic N) is 3. The van der Waals surface area contributed by atoms with Crippen LogP contribution in [0.1, 0.15) is 63.2 Å². The summed E-state index contributed by atoms with van der Waals surface area (Å²) in [5, 5.41) is 9.42. The molecule has 1 aromatic heterocycles. The topological polar surface area (TPSA) is 73.7 Å². The number of carbonyl (C=O) groups excluding carboxylic acids is 1. The van der Waals surface area contributed by atoms with Crippen molar-refractivity contribution < 1.29 is 14.7 Å². The fourth-order valence-electron chi connectivity index (χ4n) is 4.63. The molecule has 1 saturated carbocycles. The third-order valence-electron chi connectivity index (χ3n) is 6.43. The number of aromatic carboxylic acids is 1. The van der Waals surface area contributed by atoms with Crippen molar-refractivity contribution in [2.45, 2.75) is 52.9 Å². The first-order chi connectivity index (χ1) is 13.3. The molecule has 0 bridgehead atoms. The zero-order valence-electron chi connectivity index (χ0n) is 17.4. The number of carboxylic acid groups (broad SMARTS) is 1. The molecule has 2 aliphatic rings. The molecule has 0 aromatic carbocycles. The molecule has 0 atom stereocenters. The molecule has 6 heteroatoms. The van der Waals surface area contributed by atoms with Gasteiger partial charge in [0.2, 0.25) is 5.91 Å². The van der Waals surface area contributed by atoms with E-state index in [1.54, 1.807) is 18.3 Å². The van der Waals surface area contributed by atoms with Crippen LogP contribution in [-0.2, 0) is 4.79 Å². The predicted octanol–water partition coefficient (Wildman–Crippen LogP) is 3.67. The Morgan fingerprint density at radius 2 is 1.79 bits per heavy atom. The summed E-state index contributed by atoms with van der Waals surface area (Å²) in [6.07, 6.45) is 6.71. The number of pyridine rings is 1. The van der Waals surface area contributed by atoms with E-state index in [2.05, 4.69) is 25.8 Å². The fourth-order valence-corrected chi connectivity index (χ4v) is 4.63. The molecule has 1 saturated heterocycles. The lowest BCUT2D eigenvalue weighted by Gasteiger charge is -2.37. The maximum Gasteiger partial charge on any atom is 0.339 e. The van der Waals surface area contributed by atoms with Gasteiger partial charge in [-0.15, -0.1) is 0 Å². The Kier molecular flexibility index (Phi) is 6.26. The largest absolute Gasteiger partial charge is 0.478 e. The average Bonchev–Trinajstić information content (AvgIpc) is 2.93. The molecule has 1 aliphatic heterocycles. The third kappa shape index (κ3) is 4.65. The Balaban J connectivity index is 1.60. The number of carbonyl (C=O) groups is 2. The Bertz CT molecular complexity index is 705. The van der Waals surface area contributed by atoms with Gasteiger partial charge in [0.1, 0.15) is 11.4 Å². The molecule has 28 heavy (non-hydrogen) atoms. The number of hydrogen-bond donors (Lipinski definition) is 1. The highest BCUT2D eigenvalue weighted by Gasteiger charge is 2.34. The molecule has 2 heterocycles. The van der Waals surface area contributed by atoms with Crippen molar-refractivity contribution in [2.24, 2.45) is 17.3 Å². The second-order valence-electron chi connectivity index (χ2n) is 9.26. The summed E-state index contributed by atoms with van der Waals surface area (Å²) in [5.41, 5.74) is 0.546. The minimum absolute atomic E-state index is 0.148. The minimum Gasteiger partial charge on any atom is -0.478 e. The van der Waals surface area contributed by atoms with Crippen LogP contribution in [0.25, 0.3) is 0 Å². The number of anilines is 1. The van der Waals surface area contributed by atoms with E-state index in [4.69, 9.17) is 0 Å². The molecule has 2 fully saturated rings. The Morgan fingerprint density at radius 1 is 1.07 bits per heavy atom. The van der Waals surface area contributed by atoms with Gasteiger partial charge in [0, 0.05) is 38.3 Å². The Hall–Kier alpha value is -2.11. The van der Waals surface area contributed by atoms with Gasteiger partial charge < -0.3 is 14.9 Å². The highest BCUT2D eigenvalue weighted by Crippen LogP contribution is 2.40. The first kappa shape index (κ1) is 20.6. The second kappa shape index (κ2) is 8.50. The van der Waals surface area contributed by atoms with E-state index in [1.807, 2.05) is 9.80 Å². The van der Waals surface area contributed by atoms with E-state index in [0.717, 1.165) is 45.2 Å². The zero-order valence-corrected chi connectivity index (χ0v) is 17.4.